The molecular weight excluding hydrogens is 396 g/mol. The number of amides is 1. The summed E-state index contributed by atoms with van der Waals surface area (Å²) in [6, 6.07) is 17.0. The van der Waals surface area contributed by atoms with Crippen molar-refractivity contribution in [3.05, 3.63) is 60.2 Å². The maximum Gasteiger partial charge on any atom is 0.263 e. The van der Waals surface area contributed by atoms with Crippen LogP contribution in [-0.4, -0.2) is 45.0 Å². The van der Waals surface area contributed by atoms with Gasteiger partial charge in [0.05, 0.1) is 18.0 Å². The Morgan fingerprint density at radius 2 is 1.89 bits per heavy atom. The number of carbonyl (C=O) groups excluding carboxylic acids is 1. The predicted molar refractivity (Wildman–Crippen MR) is 113 cm³/mol. The summed E-state index contributed by atoms with van der Waals surface area (Å²) in [5.41, 5.74) is 1.72. The third kappa shape index (κ3) is 4.99. The first-order valence-corrected chi connectivity index (χ1v) is 11.9. The number of fused-ring (bicyclic) bond motifs is 1. The Labute approximate surface area is 170 Å². The second-order valence-corrected chi connectivity index (χ2v) is 9.62. The zero-order chi connectivity index (χ0) is 20.0. The van der Waals surface area contributed by atoms with Crippen LogP contribution in [0.2, 0.25) is 0 Å². The summed E-state index contributed by atoms with van der Waals surface area (Å²) in [6.07, 6.45) is -0.865. The molecule has 1 aliphatic rings. The van der Waals surface area contributed by atoms with Crippen molar-refractivity contribution in [3.63, 3.8) is 0 Å². The maximum absolute atomic E-state index is 12.5. The maximum atomic E-state index is 12.5. The molecular formula is C20H24N2O4S2. The first-order valence-electron chi connectivity index (χ1n) is 9.16. The number of thioether (sulfide) groups is 1. The van der Waals surface area contributed by atoms with E-state index in [0.717, 1.165) is 11.5 Å². The molecule has 0 unspecified atom stereocenters. The number of sulfonamides is 1. The summed E-state index contributed by atoms with van der Waals surface area (Å²) >= 11 is 1.73. The number of hydrogen-bond donors (Lipinski definition) is 1. The molecule has 0 saturated carbocycles. The predicted octanol–water partition coefficient (Wildman–Crippen LogP) is 2.65. The Hall–Kier alpha value is -2.19. The van der Waals surface area contributed by atoms with E-state index in [4.69, 9.17) is 4.74 Å². The number of hydrogen-bond acceptors (Lipinski definition) is 5. The quantitative estimate of drug-likeness (QED) is 0.665. The van der Waals surface area contributed by atoms with Gasteiger partial charge in [-0.3, -0.25) is 9.10 Å². The number of anilines is 1. The number of rotatable bonds is 8. The summed E-state index contributed by atoms with van der Waals surface area (Å²) < 4.78 is 32.0. The molecule has 6 nitrogen and oxygen atoms in total. The number of nitrogens with zero attached hydrogens (tertiary/aromatic N) is 1. The molecule has 0 aliphatic carbocycles. The highest BCUT2D eigenvalue weighted by Gasteiger charge is 2.35. The molecule has 28 heavy (non-hydrogen) atoms. The fourth-order valence-corrected chi connectivity index (χ4v) is 4.83. The highest BCUT2D eigenvalue weighted by molar-refractivity contribution is 7.98. The Morgan fingerprint density at radius 3 is 2.64 bits per heavy atom. The minimum atomic E-state index is -3.49. The number of para-hydroxylation sites is 2. The van der Waals surface area contributed by atoms with Crippen LogP contribution in [0.1, 0.15) is 12.5 Å². The van der Waals surface area contributed by atoms with E-state index in [1.807, 2.05) is 18.2 Å². The van der Waals surface area contributed by atoms with E-state index < -0.39 is 16.1 Å². The van der Waals surface area contributed by atoms with Crippen molar-refractivity contribution in [1.29, 1.82) is 0 Å². The molecule has 0 aromatic heterocycles. The van der Waals surface area contributed by atoms with Crippen LogP contribution < -0.4 is 14.4 Å². The molecule has 1 aliphatic heterocycles. The Balaban J connectivity index is 1.55. The molecule has 150 valence electrons. The standard InChI is InChI=1S/C20H24N2O4S2/c1-2-28(24,25)22-14-19(26-18-11-7-6-10-17(18)22)20(23)21-12-13-27-15-16-8-4-3-5-9-16/h3-11,19H,2,12-15H2,1H3,(H,21,23)/t19-/m0/s1. The highest BCUT2D eigenvalue weighted by atomic mass is 32.2. The molecule has 1 amide bonds. The summed E-state index contributed by atoms with van der Waals surface area (Å²) in [5, 5.41) is 2.85. The molecule has 0 spiro atoms. The van der Waals surface area contributed by atoms with Crippen molar-refractivity contribution in [1.82, 2.24) is 5.32 Å². The van der Waals surface area contributed by atoms with E-state index in [1.54, 1.807) is 43.0 Å². The third-order valence-corrected chi connectivity index (χ3v) is 7.16. The largest absolute Gasteiger partial charge is 0.476 e. The van der Waals surface area contributed by atoms with Crippen LogP contribution >= 0.6 is 11.8 Å². The second kappa shape index (κ2) is 9.34. The molecule has 0 bridgehead atoms. The van der Waals surface area contributed by atoms with Gasteiger partial charge in [-0.15, -0.1) is 0 Å². The van der Waals surface area contributed by atoms with Crippen LogP contribution in [0.5, 0.6) is 5.75 Å². The lowest BCUT2D eigenvalue weighted by Crippen LogP contribution is -2.51. The monoisotopic (exact) mass is 420 g/mol. The third-order valence-electron chi connectivity index (χ3n) is 4.39. The summed E-state index contributed by atoms with van der Waals surface area (Å²) in [5.74, 6) is 1.72. The second-order valence-electron chi connectivity index (χ2n) is 6.34. The normalized spacial score (nSPS) is 16.2. The van der Waals surface area contributed by atoms with Gasteiger partial charge in [0, 0.05) is 18.1 Å². The molecule has 0 radical (unpaired) electrons. The minimum absolute atomic E-state index is 0.0177. The molecule has 3 rings (SSSR count). The van der Waals surface area contributed by atoms with Gasteiger partial charge >= 0.3 is 0 Å². The van der Waals surface area contributed by atoms with Crippen LogP contribution in [0.3, 0.4) is 0 Å². The van der Waals surface area contributed by atoms with Gasteiger partial charge < -0.3 is 10.1 Å². The molecule has 1 N–H and O–H groups in total. The van der Waals surface area contributed by atoms with E-state index in [2.05, 4.69) is 17.4 Å². The SMILES string of the molecule is CCS(=O)(=O)N1C[C@@H](C(=O)NCCSCc2ccccc2)Oc2ccccc21. The van der Waals surface area contributed by atoms with Gasteiger partial charge in [-0.2, -0.15) is 11.8 Å². The fourth-order valence-electron chi connectivity index (χ4n) is 2.88. The van der Waals surface area contributed by atoms with Crippen molar-refractivity contribution >= 4 is 33.4 Å². The molecule has 0 saturated heterocycles. The van der Waals surface area contributed by atoms with E-state index in [9.17, 15) is 13.2 Å². The van der Waals surface area contributed by atoms with Gasteiger partial charge in [0.15, 0.2) is 6.10 Å². The lowest BCUT2D eigenvalue weighted by atomic mass is 10.2. The Kier molecular flexibility index (Phi) is 6.85. The first kappa shape index (κ1) is 20.5. The molecule has 2 aromatic carbocycles. The molecule has 2 aromatic rings. The van der Waals surface area contributed by atoms with E-state index in [1.165, 1.54) is 9.87 Å². The van der Waals surface area contributed by atoms with Crippen molar-refractivity contribution in [3.8, 4) is 5.75 Å². The highest BCUT2D eigenvalue weighted by Crippen LogP contribution is 2.35. The van der Waals surface area contributed by atoms with E-state index >= 15 is 0 Å². The average molecular weight is 421 g/mol. The van der Waals surface area contributed by atoms with Gasteiger partial charge in [-0.25, -0.2) is 8.42 Å². The van der Waals surface area contributed by atoms with Gasteiger partial charge in [0.25, 0.3) is 5.91 Å². The van der Waals surface area contributed by atoms with Crippen LogP contribution in [0.4, 0.5) is 5.69 Å². The van der Waals surface area contributed by atoms with E-state index in [-0.39, 0.29) is 18.2 Å². The Bertz CT molecular complexity index is 903. The van der Waals surface area contributed by atoms with Crippen molar-refractivity contribution in [2.75, 3.05) is 28.9 Å². The molecule has 8 heteroatoms. The lowest BCUT2D eigenvalue weighted by molar-refractivity contribution is -0.127. The van der Waals surface area contributed by atoms with E-state index in [0.29, 0.717) is 18.0 Å². The zero-order valence-corrected chi connectivity index (χ0v) is 17.3. The van der Waals surface area contributed by atoms with Crippen LogP contribution in [0.25, 0.3) is 0 Å². The number of carbonyl (C=O) groups is 1. The van der Waals surface area contributed by atoms with Crippen LogP contribution in [-0.2, 0) is 20.6 Å². The van der Waals surface area contributed by atoms with Crippen LogP contribution in [0, 0.1) is 0 Å². The molecule has 1 heterocycles. The van der Waals surface area contributed by atoms with Gasteiger partial charge in [-0.1, -0.05) is 42.5 Å². The first-order chi connectivity index (χ1) is 13.5. The fraction of sp³-hybridized carbons (Fsp3) is 0.350. The lowest BCUT2D eigenvalue weighted by Gasteiger charge is -2.34. The average Bonchev–Trinajstić information content (AvgIpc) is 2.73. The topological polar surface area (TPSA) is 75.7 Å². The number of ether oxygens (including phenoxy) is 1. The molecule has 0 fully saturated rings. The van der Waals surface area contributed by atoms with Crippen molar-refractivity contribution in [2.45, 2.75) is 18.8 Å². The van der Waals surface area contributed by atoms with Crippen molar-refractivity contribution in [2.24, 2.45) is 0 Å². The van der Waals surface area contributed by atoms with Gasteiger partial charge in [0.2, 0.25) is 10.0 Å². The number of benzene rings is 2. The number of nitrogens with one attached hydrogen (secondary N) is 1. The smallest absolute Gasteiger partial charge is 0.263 e. The van der Waals surface area contributed by atoms with Gasteiger partial charge in [-0.05, 0) is 24.6 Å². The molecule has 1 atom stereocenters. The van der Waals surface area contributed by atoms with Crippen LogP contribution in [0.15, 0.2) is 54.6 Å². The Morgan fingerprint density at radius 1 is 1.18 bits per heavy atom. The zero-order valence-electron chi connectivity index (χ0n) is 15.7. The summed E-state index contributed by atoms with van der Waals surface area (Å²) in [4.78, 5) is 12.5. The minimum Gasteiger partial charge on any atom is -0.476 e. The summed E-state index contributed by atoms with van der Waals surface area (Å²) in [6.45, 7) is 2.07. The summed E-state index contributed by atoms with van der Waals surface area (Å²) in [7, 11) is -3.49. The van der Waals surface area contributed by atoms with Crippen molar-refractivity contribution < 1.29 is 17.9 Å². The van der Waals surface area contributed by atoms with Gasteiger partial charge in [0.1, 0.15) is 5.75 Å².